The average Bonchev–Trinajstić information content (AvgIpc) is 3.10. The molecule has 0 bridgehead atoms. The molecule has 7 heteroatoms. The van der Waals surface area contributed by atoms with Gasteiger partial charge in [-0.3, -0.25) is 4.90 Å². The highest BCUT2D eigenvalue weighted by atomic mass is 32.2. The first-order valence-corrected chi connectivity index (χ1v) is 10.7. The van der Waals surface area contributed by atoms with Crippen molar-refractivity contribution >= 4 is 10.0 Å². The fourth-order valence-electron chi connectivity index (χ4n) is 3.95. The maximum atomic E-state index is 13.9. The zero-order valence-corrected chi connectivity index (χ0v) is 15.9. The van der Waals surface area contributed by atoms with Crippen molar-refractivity contribution in [3.8, 4) is 5.75 Å². The number of sulfonamides is 1. The molecule has 4 rings (SSSR count). The van der Waals surface area contributed by atoms with Crippen LogP contribution in [0, 0.1) is 5.82 Å². The summed E-state index contributed by atoms with van der Waals surface area (Å²) in [6.45, 7) is 2.30. The molecule has 2 aliphatic rings. The molecular formula is C20H23FN2O3S. The van der Waals surface area contributed by atoms with Crippen LogP contribution in [-0.2, 0) is 29.4 Å². The molecule has 1 aliphatic carbocycles. The number of fused-ring (bicyclic) bond motifs is 1. The SMILES string of the molecule is O=S(=O)(c1ccccc1F)N1CCN(Cc2cc3c(cc2O)CCC3)CC1. The van der Waals surface area contributed by atoms with Gasteiger partial charge in [0.2, 0.25) is 10.0 Å². The van der Waals surface area contributed by atoms with Crippen molar-refractivity contribution in [3.63, 3.8) is 0 Å². The number of nitrogens with zero attached hydrogens (tertiary/aromatic N) is 2. The van der Waals surface area contributed by atoms with Gasteiger partial charge >= 0.3 is 0 Å². The minimum atomic E-state index is -3.82. The number of benzene rings is 2. The smallest absolute Gasteiger partial charge is 0.246 e. The van der Waals surface area contributed by atoms with Crippen molar-refractivity contribution in [3.05, 3.63) is 58.9 Å². The van der Waals surface area contributed by atoms with E-state index in [2.05, 4.69) is 11.0 Å². The summed E-state index contributed by atoms with van der Waals surface area (Å²) in [6, 6.07) is 9.44. The molecule has 1 saturated heterocycles. The van der Waals surface area contributed by atoms with E-state index in [-0.39, 0.29) is 4.90 Å². The van der Waals surface area contributed by atoms with Crippen LogP contribution < -0.4 is 0 Å². The van der Waals surface area contributed by atoms with Gasteiger partial charge in [0.1, 0.15) is 16.5 Å². The molecule has 0 amide bonds. The maximum Gasteiger partial charge on any atom is 0.246 e. The van der Waals surface area contributed by atoms with Crippen molar-refractivity contribution in [2.45, 2.75) is 30.7 Å². The highest BCUT2D eigenvalue weighted by Crippen LogP contribution is 2.30. The van der Waals surface area contributed by atoms with Gasteiger partial charge in [0.05, 0.1) is 0 Å². The standard InChI is InChI=1S/C20H23FN2O3S/c21-18-6-1-2-7-20(18)27(25,26)23-10-8-22(9-11-23)14-17-12-15-4-3-5-16(15)13-19(17)24/h1-2,6-7,12-13,24H,3-5,8-11,14H2. The molecule has 0 unspecified atom stereocenters. The second kappa shape index (κ2) is 7.22. The predicted octanol–water partition coefficient (Wildman–Crippen LogP) is 2.53. The van der Waals surface area contributed by atoms with E-state index >= 15 is 0 Å². The summed E-state index contributed by atoms with van der Waals surface area (Å²) in [5.41, 5.74) is 3.43. The lowest BCUT2D eigenvalue weighted by Gasteiger charge is -2.34. The van der Waals surface area contributed by atoms with Crippen molar-refractivity contribution < 1.29 is 17.9 Å². The molecule has 27 heavy (non-hydrogen) atoms. The number of phenolic OH excluding ortho intramolecular Hbond substituents is 1. The van der Waals surface area contributed by atoms with E-state index in [1.807, 2.05) is 6.07 Å². The van der Waals surface area contributed by atoms with Crippen LogP contribution in [0.4, 0.5) is 4.39 Å². The number of aromatic hydroxyl groups is 1. The summed E-state index contributed by atoms with van der Waals surface area (Å²) in [5.74, 6) is -0.403. The lowest BCUT2D eigenvalue weighted by atomic mass is 10.0. The van der Waals surface area contributed by atoms with Crippen LogP contribution in [0.15, 0.2) is 41.3 Å². The Morgan fingerprint density at radius 2 is 1.67 bits per heavy atom. The molecule has 2 aromatic rings. The van der Waals surface area contributed by atoms with Crippen LogP contribution in [0.25, 0.3) is 0 Å². The van der Waals surface area contributed by atoms with Gasteiger partial charge in [0, 0.05) is 38.3 Å². The minimum Gasteiger partial charge on any atom is -0.508 e. The number of aryl methyl sites for hydroxylation is 2. The van der Waals surface area contributed by atoms with Crippen molar-refractivity contribution in [2.75, 3.05) is 26.2 Å². The lowest BCUT2D eigenvalue weighted by molar-refractivity contribution is 0.180. The third kappa shape index (κ3) is 3.59. The largest absolute Gasteiger partial charge is 0.508 e. The highest BCUT2D eigenvalue weighted by molar-refractivity contribution is 7.89. The Balaban J connectivity index is 1.43. The molecule has 1 heterocycles. The third-order valence-electron chi connectivity index (χ3n) is 5.47. The van der Waals surface area contributed by atoms with Crippen LogP contribution in [0.1, 0.15) is 23.1 Å². The minimum absolute atomic E-state index is 0.269. The van der Waals surface area contributed by atoms with E-state index in [1.54, 1.807) is 0 Å². The quantitative estimate of drug-likeness (QED) is 0.872. The summed E-state index contributed by atoms with van der Waals surface area (Å²) >= 11 is 0. The molecule has 1 N–H and O–H groups in total. The van der Waals surface area contributed by atoms with Gasteiger partial charge in [-0.05, 0) is 48.6 Å². The fraction of sp³-hybridized carbons (Fsp3) is 0.400. The Morgan fingerprint density at radius 3 is 2.37 bits per heavy atom. The van der Waals surface area contributed by atoms with Gasteiger partial charge in [-0.1, -0.05) is 18.2 Å². The van der Waals surface area contributed by atoms with Crippen molar-refractivity contribution in [1.82, 2.24) is 9.21 Å². The van der Waals surface area contributed by atoms with E-state index in [0.29, 0.717) is 38.5 Å². The van der Waals surface area contributed by atoms with Gasteiger partial charge in [-0.25, -0.2) is 12.8 Å². The Kier molecular flexibility index (Phi) is 4.92. The molecule has 0 spiro atoms. The Hall–Kier alpha value is -1.96. The van der Waals surface area contributed by atoms with Crippen LogP contribution in [-0.4, -0.2) is 48.9 Å². The average molecular weight is 390 g/mol. The first-order chi connectivity index (χ1) is 12.9. The Morgan fingerprint density at radius 1 is 1.00 bits per heavy atom. The molecule has 5 nitrogen and oxygen atoms in total. The van der Waals surface area contributed by atoms with E-state index in [9.17, 15) is 17.9 Å². The maximum absolute atomic E-state index is 13.9. The van der Waals surface area contributed by atoms with Gasteiger partial charge in [-0.2, -0.15) is 4.31 Å². The van der Waals surface area contributed by atoms with Gasteiger partial charge in [-0.15, -0.1) is 0 Å². The lowest BCUT2D eigenvalue weighted by Crippen LogP contribution is -2.48. The zero-order valence-electron chi connectivity index (χ0n) is 15.1. The molecule has 1 fully saturated rings. The molecule has 0 radical (unpaired) electrons. The molecule has 0 saturated carbocycles. The molecule has 0 aromatic heterocycles. The topological polar surface area (TPSA) is 60.9 Å². The number of halogens is 1. The number of piperazine rings is 1. The van der Waals surface area contributed by atoms with Gasteiger partial charge in [0.25, 0.3) is 0 Å². The second-order valence-electron chi connectivity index (χ2n) is 7.21. The van der Waals surface area contributed by atoms with Crippen LogP contribution >= 0.6 is 0 Å². The van der Waals surface area contributed by atoms with Crippen LogP contribution in [0.3, 0.4) is 0 Å². The summed E-state index contributed by atoms with van der Waals surface area (Å²) in [6.07, 6.45) is 3.21. The highest BCUT2D eigenvalue weighted by Gasteiger charge is 2.30. The summed E-state index contributed by atoms with van der Waals surface area (Å²) in [7, 11) is -3.82. The molecule has 144 valence electrons. The van der Waals surface area contributed by atoms with E-state index in [4.69, 9.17) is 0 Å². The molecule has 0 atom stereocenters. The first kappa shape index (κ1) is 18.4. The van der Waals surface area contributed by atoms with Crippen molar-refractivity contribution in [2.24, 2.45) is 0 Å². The number of hydrogen-bond donors (Lipinski definition) is 1. The zero-order chi connectivity index (χ0) is 19.0. The second-order valence-corrected chi connectivity index (χ2v) is 9.12. The Labute approximate surface area is 159 Å². The fourth-order valence-corrected chi connectivity index (χ4v) is 5.44. The predicted molar refractivity (Wildman–Crippen MR) is 101 cm³/mol. The summed E-state index contributed by atoms with van der Waals surface area (Å²) < 4.78 is 40.6. The number of rotatable bonds is 4. The first-order valence-electron chi connectivity index (χ1n) is 9.26. The third-order valence-corrected chi connectivity index (χ3v) is 7.40. The number of phenols is 1. The van der Waals surface area contributed by atoms with E-state index in [1.165, 1.54) is 39.7 Å². The molecule has 1 aliphatic heterocycles. The summed E-state index contributed by atoms with van der Waals surface area (Å²) in [4.78, 5) is 1.86. The molecule has 2 aromatic carbocycles. The van der Waals surface area contributed by atoms with Crippen LogP contribution in [0.5, 0.6) is 5.75 Å². The number of hydrogen-bond acceptors (Lipinski definition) is 4. The summed E-state index contributed by atoms with van der Waals surface area (Å²) in [5, 5.41) is 10.3. The van der Waals surface area contributed by atoms with Crippen molar-refractivity contribution in [1.29, 1.82) is 0 Å². The molecular weight excluding hydrogens is 367 g/mol. The van der Waals surface area contributed by atoms with E-state index < -0.39 is 15.8 Å². The van der Waals surface area contributed by atoms with Gasteiger partial charge in [0.15, 0.2) is 0 Å². The van der Waals surface area contributed by atoms with Crippen LogP contribution in [0.2, 0.25) is 0 Å². The monoisotopic (exact) mass is 390 g/mol. The normalized spacial score (nSPS) is 18.6. The van der Waals surface area contributed by atoms with Gasteiger partial charge < -0.3 is 5.11 Å². The van der Waals surface area contributed by atoms with E-state index in [0.717, 1.165) is 24.8 Å². The Bertz CT molecular complexity index is 954.